The fourth-order valence-corrected chi connectivity index (χ4v) is 3.28. The Kier molecular flexibility index (Phi) is 4.95. The lowest BCUT2D eigenvalue weighted by Crippen LogP contribution is -2.26. The van der Waals surface area contributed by atoms with Crippen LogP contribution in [0.3, 0.4) is 0 Å². The number of carboxylic acid groups (broad SMARTS) is 1. The van der Waals surface area contributed by atoms with Crippen molar-refractivity contribution in [3.8, 4) is 0 Å². The standard InChI is InChI=1S/C20H20F2N2O3/c1-12-3-4-13(7-16(12)19(26)27)11-24-18(25)6-5-17(23-24)14-8-15(21)10-20(2,22)9-14/h4-8,10,12H,3,9,11H2,1-2H3,(H,26,27). The predicted octanol–water partition coefficient (Wildman–Crippen LogP) is 3.59. The monoisotopic (exact) mass is 374 g/mol. The summed E-state index contributed by atoms with van der Waals surface area (Å²) in [5.74, 6) is -1.77. The van der Waals surface area contributed by atoms with E-state index in [1.54, 1.807) is 6.08 Å². The molecular formula is C20H20F2N2O3. The number of allylic oxidation sites excluding steroid dienone is 7. The van der Waals surface area contributed by atoms with Crippen molar-refractivity contribution in [2.75, 3.05) is 0 Å². The van der Waals surface area contributed by atoms with Gasteiger partial charge in [-0.3, -0.25) is 4.79 Å². The number of alkyl halides is 1. The molecule has 0 saturated carbocycles. The van der Waals surface area contributed by atoms with Gasteiger partial charge in [0.2, 0.25) is 0 Å². The van der Waals surface area contributed by atoms with E-state index in [0.717, 1.165) is 6.08 Å². The normalized spacial score (nSPS) is 25.3. The van der Waals surface area contributed by atoms with Gasteiger partial charge in [-0.05, 0) is 54.7 Å². The van der Waals surface area contributed by atoms with Crippen LogP contribution < -0.4 is 5.56 Å². The van der Waals surface area contributed by atoms with Gasteiger partial charge in [-0.1, -0.05) is 13.0 Å². The highest BCUT2D eigenvalue weighted by Crippen LogP contribution is 2.34. The maximum absolute atomic E-state index is 14.2. The van der Waals surface area contributed by atoms with Crippen LogP contribution >= 0.6 is 0 Å². The van der Waals surface area contributed by atoms with Crippen LogP contribution in [0.5, 0.6) is 0 Å². The third-order valence-electron chi connectivity index (χ3n) is 4.67. The van der Waals surface area contributed by atoms with Gasteiger partial charge < -0.3 is 5.11 Å². The molecule has 27 heavy (non-hydrogen) atoms. The van der Waals surface area contributed by atoms with E-state index in [0.29, 0.717) is 23.3 Å². The van der Waals surface area contributed by atoms with Crippen molar-refractivity contribution in [1.29, 1.82) is 0 Å². The van der Waals surface area contributed by atoms with Crippen molar-refractivity contribution in [1.82, 2.24) is 9.78 Å². The number of carboxylic acids is 1. The second-order valence-electron chi connectivity index (χ2n) is 7.19. The molecule has 0 saturated heterocycles. The molecular weight excluding hydrogens is 354 g/mol. The summed E-state index contributed by atoms with van der Waals surface area (Å²) >= 11 is 0. The summed E-state index contributed by atoms with van der Waals surface area (Å²) in [5.41, 5.74) is -0.573. The summed E-state index contributed by atoms with van der Waals surface area (Å²) in [6.45, 7) is 3.19. The second kappa shape index (κ2) is 7.06. The van der Waals surface area contributed by atoms with Gasteiger partial charge in [0.25, 0.3) is 5.56 Å². The summed E-state index contributed by atoms with van der Waals surface area (Å²) in [4.78, 5) is 23.5. The van der Waals surface area contributed by atoms with E-state index in [4.69, 9.17) is 0 Å². The van der Waals surface area contributed by atoms with E-state index in [1.807, 2.05) is 13.0 Å². The molecule has 1 aromatic rings. The molecule has 1 heterocycles. The number of carbonyl (C=O) groups is 1. The minimum atomic E-state index is -1.82. The molecule has 0 amide bonds. The predicted molar refractivity (Wildman–Crippen MR) is 97.4 cm³/mol. The van der Waals surface area contributed by atoms with Crippen LogP contribution in [0.15, 0.2) is 58.2 Å². The summed E-state index contributed by atoms with van der Waals surface area (Å²) in [7, 11) is 0. The highest BCUT2D eigenvalue weighted by atomic mass is 19.1. The number of halogens is 2. The van der Waals surface area contributed by atoms with E-state index >= 15 is 0 Å². The van der Waals surface area contributed by atoms with Crippen LogP contribution in [0.1, 0.15) is 32.4 Å². The van der Waals surface area contributed by atoms with Gasteiger partial charge in [-0.15, -0.1) is 0 Å². The van der Waals surface area contributed by atoms with Crippen molar-refractivity contribution >= 4 is 11.5 Å². The molecule has 5 nitrogen and oxygen atoms in total. The van der Waals surface area contributed by atoms with Gasteiger partial charge in [0.1, 0.15) is 11.5 Å². The largest absolute Gasteiger partial charge is 0.478 e. The van der Waals surface area contributed by atoms with Crippen molar-refractivity contribution in [2.45, 2.75) is 38.9 Å². The van der Waals surface area contributed by atoms with Gasteiger partial charge in [0.15, 0.2) is 0 Å². The molecule has 0 fully saturated rings. The maximum atomic E-state index is 14.2. The minimum Gasteiger partial charge on any atom is -0.478 e. The van der Waals surface area contributed by atoms with Crippen LogP contribution in [-0.4, -0.2) is 26.5 Å². The third-order valence-corrected chi connectivity index (χ3v) is 4.67. The smallest absolute Gasteiger partial charge is 0.331 e. The van der Waals surface area contributed by atoms with Gasteiger partial charge in [0.05, 0.1) is 12.2 Å². The third kappa shape index (κ3) is 4.30. The van der Waals surface area contributed by atoms with Crippen molar-refractivity contribution in [2.24, 2.45) is 5.92 Å². The quantitative estimate of drug-likeness (QED) is 0.874. The zero-order valence-corrected chi connectivity index (χ0v) is 15.1. The van der Waals surface area contributed by atoms with Gasteiger partial charge in [-0.25, -0.2) is 18.3 Å². The number of rotatable bonds is 4. The van der Waals surface area contributed by atoms with Crippen molar-refractivity contribution in [3.05, 3.63) is 69.5 Å². The topological polar surface area (TPSA) is 72.2 Å². The summed E-state index contributed by atoms with van der Waals surface area (Å²) < 4.78 is 29.1. The molecule has 0 bridgehead atoms. The molecule has 2 atom stereocenters. The first-order valence-corrected chi connectivity index (χ1v) is 8.65. The van der Waals surface area contributed by atoms with Gasteiger partial charge in [-0.2, -0.15) is 5.10 Å². The first kappa shape index (κ1) is 18.9. The Balaban J connectivity index is 1.91. The van der Waals surface area contributed by atoms with E-state index in [1.165, 1.54) is 29.8 Å². The summed E-state index contributed by atoms with van der Waals surface area (Å²) in [6, 6.07) is 2.73. The van der Waals surface area contributed by atoms with Crippen LogP contribution in [0.25, 0.3) is 5.57 Å². The number of hydrogen-bond acceptors (Lipinski definition) is 3. The molecule has 1 aromatic heterocycles. The van der Waals surface area contributed by atoms with Crippen LogP contribution in [0.2, 0.25) is 0 Å². The highest BCUT2D eigenvalue weighted by molar-refractivity contribution is 5.88. The zero-order valence-electron chi connectivity index (χ0n) is 15.1. The molecule has 0 spiro atoms. The first-order chi connectivity index (χ1) is 12.6. The number of aliphatic carboxylic acids is 1. The van der Waals surface area contributed by atoms with E-state index in [9.17, 15) is 23.5 Å². The summed E-state index contributed by atoms with van der Waals surface area (Å²) in [5, 5.41) is 13.5. The Morgan fingerprint density at radius 2 is 2.15 bits per heavy atom. The number of hydrogen-bond donors (Lipinski definition) is 1. The maximum Gasteiger partial charge on any atom is 0.331 e. The Morgan fingerprint density at radius 1 is 1.41 bits per heavy atom. The Bertz CT molecular complexity index is 968. The van der Waals surface area contributed by atoms with E-state index in [2.05, 4.69) is 5.10 Å². The molecule has 0 radical (unpaired) electrons. The highest BCUT2D eigenvalue weighted by Gasteiger charge is 2.28. The first-order valence-electron chi connectivity index (χ1n) is 8.65. The minimum absolute atomic E-state index is 0.0467. The number of aromatic nitrogens is 2. The Hall–Kier alpha value is -2.83. The van der Waals surface area contributed by atoms with Crippen molar-refractivity contribution in [3.63, 3.8) is 0 Å². The molecule has 0 aromatic carbocycles. The molecule has 0 aliphatic heterocycles. The van der Waals surface area contributed by atoms with Crippen LogP contribution in [0.4, 0.5) is 8.78 Å². The zero-order chi connectivity index (χ0) is 19.8. The fourth-order valence-electron chi connectivity index (χ4n) is 3.28. The molecule has 1 N–H and O–H groups in total. The summed E-state index contributed by atoms with van der Waals surface area (Å²) in [6.07, 6.45) is 6.07. The molecule has 7 heteroatoms. The molecule has 2 aliphatic carbocycles. The fraction of sp³-hybridized carbons (Fsp3) is 0.350. The average molecular weight is 374 g/mol. The molecule has 2 aliphatic rings. The lowest BCUT2D eigenvalue weighted by atomic mass is 9.90. The average Bonchev–Trinajstić information content (AvgIpc) is 2.56. The lowest BCUT2D eigenvalue weighted by molar-refractivity contribution is -0.133. The lowest BCUT2D eigenvalue weighted by Gasteiger charge is -2.22. The van der Waals surface area contributed by atoms with Gasteiger partial charge >= 0.3 is 5.97 Å². The van der Waals surface area contributed by atoms with E-state index in [-0.39, 0.29) is 30.0 Å². The molecule has 3 rings (SSSR count). The van der Waals surface area contributed by atoms with E-state index < -0.39 is 17.5 Å². The number of nitrogens with zero attached hydrogens (tertiary/aromatic N) is 2. The SMILES string of the molecule is CC1CC=C(Cn2nc(C3=CC(F)=CC(C)(F)C3)ccc2=O)C=C1C(=O)O. The van der Waals surface area contributed by atoms with Gasteiger partial charge in [0, 0.05) is 18.1 Å². The van der Waals surface area contributed by atoms with Crippen molar-refractivity contribution < 1.29 is 18.7 Å². The second-order valence-corrected chi connectivity index (χ2v) is 7.19. The molecule has 2 unspecified atom stereocenters. The Labute approximate surface area is 155 Å². The molecule has 142 valence electrons. The van der Waals surface area contributed by atoms with Crippen LogP contribution in [0, 0.1) is 5.92 Å². The Morgan fingerprint density at radius 3 is 2.81 bits per heavy atom. The van der Waals surface area contributed by atoms with Crippen LogP contribution in [-0.2, 0) is 11.3 Å².